The zero-order valence-electron chi connectivity index (χ0n) is 16.2. The van der Waals surface area contributed by atoms with E-state index >= 15 is 0 Å². The van der Waals surface area contributed by atoms with Crippen molar-refractivity contribution in [2.45, 2.75) is 13.5 Å². The summed E-state index contributed by atoms with van der Waals surface area (Å²) >= 11 is 7.04. The Morgan fingerprint density at radius 3 is 2.57 bits per heavy atom. The van der Waals surface area contributed by atoms with E-state index in [1.54, 1.807) is 47.0 Å². The Balaban J connectivity index is 1.91. The van der Waals surface area contributed by atoms with Crippen molar-refractivity contribution >= 4 is 56.6 Å². The third-order valence-electron chi connectivity index (χ3n) is 3.91. The summed E-state index contributed by atoms with van der Waals surface area (Å²) in [6.45, 7) is 1.03. The van der Waals surface area contributed by atoms with Crippen LogP contribution in [0.4, 0.5) is 5.69 Å². The van der Waals surface area contributed by atoms with Gasteiger partial charge >= 0.3 is 5.97 Å². The van der Waals surface area contributed by atoms with E-state index in [1.807, 2.05) is 0 Å². The molecule has 0 saturated heterocycles. The van der Waals surface area contributed by atoms with Crippen LogP contribution in [0.1, 0.15) is 6.92 Å². The first-order valence-electron chi connectivity index (χ1n) is 8.79. The van der Waals surface area contributed by atoms with Crippen LogP contribution >= 0.6 is 22.9 Å². The summed E-state index contributed by atoms with van der Waals surface area (Å²) < 4.78 is 12.5. The Hall–Kier alpha value is -3.17. The number of amides is 2. The van der Waals surface area contributed by atoms with Gasteiger partial charge in [0, 0.05) is 17.6 Å². The van der Waals surface area contributed by atoms with Gasteiger partial charge in [0.15, 0.2) is 11.4 Å². The number of hydrogen-bond acceptors (Lipinski definition) is 6. The molecule has 0 atom stereocenters. The van der Waals surface area contributed by atoms with Gasteiger partial charge in [-0.2, -0.15) is 4.99 Å². The van der Waals surface area contributed by atoms with E-state index in [9.17, 15) is 14.4 Å². The highest BCUT2D eigenvalue weighted by molar-refractivity contribution is 7.16. The lowest BCUT2D eigenvalue weighted by Gasteiger charge is -2.05. The van der Waals surface area contributed by atoms with Gasteiger partial charge in [0.05, 0.1) is 17.3 Å². The molecule has 0 aliphatic rings. The number of benzene rings is 2. The van der Waals surface area contributed by atoms with Crippen LogP contribution in [-0.4, -0.2) is 36.1 Å². The first-order chi connectivity index (χ1) is 14.4. The highest BCUT2D eigenvalue weighted by Gasteiger charge is 2.13. The van der Waals surface area contributed by atoms with Crippen LogP contribution in [0.15, 0.2) is 47.5 Å². The molecule has 1 N–H and O–H groups in total. The van der Waals surface area contributed by atoms with Crippen molar-refractivity contribution < 1.29 is 23.9 Å². The van der Waals surface area contributed by atoms with Gasteiger partial charge in [-0.15, -0.1) is 0 Å². The number of ether oxygens (including phenoxy) is 2. The molecule has 8 nitrogen and oxygen atoms in total. The molecular weight excluding hydrogens is 430 g/mol. The van der Waals surface area contributed by atoms with Crippen molar-refractivity contribution in [3.05, 3.63) is 52.3 Å². The van der Waals surface area contributed by atoms with Crippen LogP contribution in [0.5, 0.6) is 5.75 Å². The lowest BCUT2D eigenvalue weighted by molar-refractivity contribution is -0.141. The molecule has 0 radical (unpaired) electrons. The number of esters is 1. The Morgan fingerprint density at radius 2 is 1.90 bits per heavy atom. The van der Waals surface area contributed by atoms with Crippen LogP contribution < -0.4 is 14.9 Å². The van der Waals surface area contributed by atoms with Gasteiger partial charge in [0.25, 0.3) is 5.91 Å². The maximum absolute atomic E-state index is 12.4. The number of nitrogens with zero attached hydrogens (tertiary/aromatic N) is 2. The first kappa shape index (κ1) is 21.5. The second kappa shape index (κ2) is 9.55. The molecule has 0 bridgehead atoms. The Labute approximate surface area is 180 Å². The highest BCUT2D eigenvalue weighted by Crippen LogP contribution is 2.22. The fourth-order valence-corrected chi connectivity index (χ4v) is 3.81. The number of halogens is 1. The molecule has 0 aliphatic carbocycles. The zero-order valence-corrected chi connectivity index (χ0v) is 17.7. The Bertz CT molecular complexity index is 1170. The molecular formula is C20H18ClN3O5S. The van der Waals surface area contributed by atoms with E-state index in [4.69, 9.17) is 21.1 Å². The number of thiazole rings is 1. The molecule has 30 heavy (non-hydrogen) atoms. The molecule has 2 aromatic carbocycles. The largest absolute Gasteiger partial charge is 0.484 e. The number of anilines is 1. The molecule has 0 saturated carbocycles. The lowest BCUT2D eigenvalue weighted by Crippen LogP contribution is -2.23. The van der Waals surface area contributed by atoms with E-state index in [-0.39, 0.29) is 19.1 Å². The van der Waals surface area contributed by atoms with Crippen molar-refractivity contribution in [2.75, 3.05) is 19.0 Å². The molecule has 10 heteroatoms. The van der Waals surface area contributed by atoms with Crippen LogP contribution in [0.25, 0.3) is 10.2 Å². The smallest absolute Gasteiger partial charge is 0.325 e. The summed E-state index contributed by atoms with van der Waals surface area (Å²) in [7, 11) is 1.29. The van der Waals surface area contributed by atoms with E-state index in [2.05, 4.69) is 10.3 Å². The lowest BCUT2D eigenvalue weighted by atomic mass is 10.3. The molecule has 1 heterocycles. The number of hydrogen-bond donors (Lipinski definition) is 1. The van der Waals surface area contributed by atoms with E-state index in [0.29, 0.717) is 26.8 Å². The minimum Gasteiger partial charge on any atom is -0.484 e. The van der Waals surface area contributed by atoms with Gasteiger partial charge < -0.3 is 19.4 Å². The SMILES string of the molecule is COC(=O)Cn1c(=NC(=O)COc2ccc(Cl)cc2)sc2cc(NC(C)=O)ccc21. The molecule has 1 aromatic heterocycles. The maximum atomic E-state index is 12.4. The third-order valence-corrected chi connectivity index (χ3v) is 5.21. The van der Waals surface area contributed by atoms with Gasteiger partial charge in [-0.25, -0.2) is 0 Å². The molecule has 156 valence electrons. The minimum absolute atomic E-state index is 0.111. The first-order valence-corrected chi connectivity index (χ1v) is 9.99. The number of fused-ring (bicyclic) bond motifs is 1. The normalized spacial score (nSPS) is 11.4. The van der Waals surface area contributed by atoms with Gasteiger partial charge in [-0.1, -0.05) is 22.9 Å². The van der Waals surface area contributed by atoms with Gasteiger partial charge in [0.1, 0.15) is 12.3 Å². The number of methoxy groups -OCH3 is 1. The van der Waals surface area contributed by atoms with Gasteiger partial charge in [-0.05, 0) is 42.5 Å². The number of aromatic nitrogens is 1. The summed E-state index contributed by atoms with van der Waals surface area (Å²) in [4.78, 5) is 39.9. The Morgan fingerprint density at radius 1 is 1.17 bits per heavy atom. The van der Waals surface area contributed by atoms with Crippen LogP contribution in [0, 0.1) is 0 Å². The summed E-state index contributed by atoms with van der Waals surface area (Å²) in [5, 5.41) is 3.26. The van der Waals surface area contributed by atoms with E-state index in [1.165, 1.54) is 25.4 Å². The minimum atomic E-state index is -0.516. The van der Waals surface area contributed by atoms with E-state index < -0.39 is 11.9 Å². The molecule has 3 rings (SSSR count). The molecule has 0 spiro atoms. The topological polar surface area (TPSA) is 99.0 Å². The summed E-state index contributed by atoms with van der Waals surface area (Å²) in [5.74, 6) is -0.710. The average Bonchev–Trinajstić information content (AvgIpc) is 3.03. The van der Waals surface area contributed by atoms with Crippen molar-refractivity contribution in [3.8, 4) is 5.75 Å². The number of nitrogens with one attached hydrogen (secondary N) is 1. The monoisotopic (exact) mass is 447 g/mol. The summed E-state index contributed by atoms with van der Waals surface area (Å²) in [6.07, 6.45) is 0. The van der Waals surface area contributed by atoms with Crippen molar-refractivity contribution in [3.63, 3.8) is 0 Å². The van der Waals surface area contributed by atoms with Gasteiger partial charge in [-0.3, -0.25) is 14.4 Å². The summed E-state index contributed by atoms with van der Waals surface area (Å²) in [5.41, 5.74) is 1.29. The van der Waals surface area contributed by atoms with Gasteiger partial charge in [0.2, 0.25) is 5.91 Å². The molecule has 0 aliphatic heterocycles. The molecule has 0 unspecified atom stereocenters. The predicted octanol–water partition coefficient (Wildman–Crippen LogP) is 2.99. The maximum Gasteiger partial charge on any atom is 0.325 e. The fourth-order valence-electron chi connectivity index (χ4n) is 2.60. The number of rotatable bonds is 6. The van der Waals surface area contributed by atoms with Crippen molar-refractivity contribution in [1.82, 2.24) is 4.57 Å². The fraction of sp³-hybridized carbons (Fsp3) is 0.200. The molecule has 2 amide bonds. The van der Waals surface area contributed by atoms with Crippen LogP contribution in [-0.2, 0) is 25.7 Å². The van der Waals surface area contributed by atoms with Crippen LogP contribution in [0.3, 0.4) is 0 Å². The number of carbonyl (C=O) groups excluding carboxylic acids is 3. The second-order valence-corrected chi connectivity index (χ2v) is 7.60. The van der Waals surface area contributed by atoms with E-state index in [0.717, 1.165) is 4.70 Å². The van der Waals surface area contributed by atoms with Crippen molar-refractivity contribution in [1.29, 1.82) is 0 Å². The van der Waals surface area contributed by atoms with Crippen LogP contribution in [0.2, 0.25) is 5.02 Å². The molecule has 0 fully saturated rings. The highest BCUT2D eigenvalue weighted by atomic mass is 35.5. The summed E-state index contributed by atoms with van der Waals surface area (Å²) in [6, 6.07) is 11.8. The number of carbonyl (C=O) groups is 3. The second-order valence-electron chi connectivity index (χ2n) is 6.16. The predicted molar refractivity (Wildman–Crippen MR) is 114 cm³/mol. The quantitative estimate of drug-likeness (QED) is 0.585. The zero-order chi connectivity index (χ0) is 21.7. The third kappa shape index (κ3) is 5.46. The molecule has 3 aromatic rings. The average molecular weight is 448 g/mol. The Kier molecular flexibility index (Phi) is 6.86. The van der Waals surface area contributed by atoms with Crippen molar-refractivity contribution in [2.24, 2.45) is 4.99 Å². The standard InChI is InChI=1S/C20H18ClN3O5S/c1-12(25)22-14-5-8-16-17(9-14)30-20(24(16)10-19(27)28-2)23-18(26)11-29-15-6-3-13(21)4-7-15/h3-9H,10-11H2,1-2H3,(H,22,25).